The minimum Gasteiger partial charge on any atom is -0.396 e. The fourth-order valence-electron chi connectivity index (χ4n) is 2.11. The van der Waals surface area contributed by atoms with E-state index in [9.17, 15) is 0 Å². The van der Waals surface area contributed by atoms with Crippen molar-refractivity contribution in [1.82, 2.24) is 20.3 Å². The molecule has 2 aromatic rings. The number of nitrogens with one attached hydrogen (secondary N) is 1. The third-order valence-corrected chi connectivity index (χ3v) is 3.32. The second kappa shape index (κ2) is 7.17. The smallest absolute Gasteiger partial charge is 0.0969 e. The van der Waals surface area contributed by atoms with Crippen LogP contribution in [0.5, 0.6) is 0 Å². The Hall–Kier alpha value is -1.72. The second-order valence-electron chi connectivity index (χ2n) is 5.20. The molecular formula is C15H22N4O. The number of rotatable bonds is 7. The van der Waals surface area contributed by atoms with Crippen LogP contribution in [0, 0.1) is 5.92 Å². The van der Waals surface area contributed by atoms with Crippen LogP contribution >= 0.6 is 0 Å². The van der Waals surface area contributed by atoms with Crippen LogP contribution < -0.4 is 5.32 Å². The molecule has 0 saturated carbocycles. The first-order valence-corrected chi connectivity index (χ1v) is 7.01. The third kappa shape index (κ3) is 3.88. The zero-order valence-electron chi connectivity index (χ0n) is 12.0. The molecule has 0 aliphatic heterocycles. The summed E-state index contributed by atoms with van der Waals surface area (Å²) in [6, 6.07) is 10.1. The standard InChI is InChI=1S/C15H22N4O/c1-12(2)15(8-9-20)16-10-13-11-17-19(18-13)14-6-4-3-5-7-14/h3-7,11-12,15-16,20H,8-10H2,1-2H3. The topological polar surface area (TPSA) is 63.0 Å². The molecule has 0 amide bonds. The van der Waals surface area contributed by atoms with Crippen molar-refractivity contribution in [2.24, 2.45) is 5.92 Å². The summed E-state index contributed by atoms with van der Waals surface area (Å²) in [7, 11) is 0. The summed E-state index contributed by atoms with van der Waals surface area (Å²) in [5.41, 5.74) is 1.85. The minimum atomic E-state index is 0.201. The number of aliphatic hydroxyl groups is 1. The molecule has 1 aromatic heterocycles. The largest absolute Gasteiger partial charge is 0.396 e. The molecule has 1 atom stereocenters. The lowest BCUT2D eigenvalue weighted by Crippen LogP contribution is -2.34. The van der Waals surface area contributed by atoms with Gasteiger partial charge in [-0.3, -0.25) is 0 Å². The molecule has 2 rings (SSSR count). The molecule has 0 aliphatic carbocycles. The van der Waals surface area contributed by atoms with Crippen molar-refractivity contribution >= 4 is 0 Å². The van der Waals surface area contributed by atoms with E-state index in [-0.39, 0.29) is 6.61 Å². The van der Waals surface area contributed by atoms with E-state index >= 15 is 0 Å². The molecule has 20 heavy (non-hydrogen) atoms. The molecule has 0 bridgehead atoms. The molecule has 1 aromatic carbocycles. The molecule has 2 N–H and O–H groups in total. The van der Waals surface area contributed by atoms with Crippen LogP contribution in [0.2, 0.25) is 0 Å². The number of hydrogen-bond acceptors (Lipinski definition) is 4. The number of aromatic nitrogens is 3. The van der Waals surface area contributed by atoms with Crippen molar-refractivity contribution in [3.8, 4) is 5.69 Å². The Balaban J connectivity index is 1.96. The van der Waals surface area contributed by atoms with Gasteiger partial charge in [0.25, 0.3) is 0 Å². The highest BCUT2D eigenvalue weighted by atomic mass is 16.3. The van der Waals surface area contributed by atoms with Gasteiger partial charge in [-0.05, 0) is 24.5 Å². The van der Waals surface area contributed by atoms with E-state index in [1.807, 2.05) is 30.3 Å². The fraction of sp³-hybridized carbons (Fsp3) is 0.467. The van der Waals surface area contributed by atoms with Crippen molar-refractivity contribution in [1.29, 1.82) is 0 Å². The molecule has 1 heterocycles. The summed E-state index contributed by atoms with van der Waals surface area (Å²) in [6.07, 6.45) is 2.53. The average Bonchev–Trinajstić information content (AvgIpc) is 2.93. The van der Waals surface area contributed by atoms with Gasteiger partial charge in [0.05, 0.1) is 17.6 Å². The van der Waals surface area contributed by atoms with Crippen molar-refractivity contribution in [3.63, 3.8) is 0 Å². The highest BCUT2D eigenvalue weighted by Crippen LogP contribution is 2.08. The summed E-state index contributed by atoms with van der Waals surface area (Å²) in [6.45, 7) is 5.16. The van der Waals surface area contributed by atoms with E-state index in [4.69, 9.17) is 5.11 Å². The second-order valence-corrected chi connectivity index (χ2v) is 5.20. The van der Waals surface area contributed by atoms with E-state index < -0.39 is 0 Å². The SMILES string of the molecule is CC(C)C(CCO)NCc1cnn(-c2ccccc2)n1. The Labute approximate surface area is 119 Å². The van der Waals surface area contributed by atoms with Gasteiger partial charge >= 0.3 is 0 Å². The number of aliphatic hydroxyl groups excluding tert-OH is 1. The fourth-order valence-corrected chi connectivity index (χ4v) is 2.11. The van der Waals surface area contributed by atoms with Crippen LogP contribution in [-0.2, 0) is 6.54 Å². The number of benzene rings is 1. The molecular weight excluding hydrogens is 252 g/mol. The Bertz CT molecular complexity index is 510. The first-order chi connectivity index (χ1) is 9.70. The van der Waals surface area contributed by atoms with E-state index in [1.54, 1.807) is 11.0 Å². The third-order valence-electron chi connectivity index (χ3n) is 3.32. The van der Waals surface area contributed by atoms with Gasteiger partial charge in [-0.1, -0.05) is 32.0 Å². The lowest BCUT2D eigenvalue weighted by Gasteiger charge is -2.20. The Morgan fingerprint density at radius 3 is 2.65 bits per heavy atom. The van der Waals surface area contributed by atoms with Gasteiger partial charge in [-0.25, -0.2) is 0 Å². The highest BCUT2D eigenvalue weighted by Gasteiger charge is 2.12. The molecule has 0 saturated heterocycles. The first kappa shape index (κ1) is 14.7. The maximum Gasteiger partial charge on any atom is 0.0969 e. The van der Waals surface area contributed by atoms with Crippen LogP contribution in [0.25, 0.3) is 5.69 Å². The molecule has 0 radical (unpaired) electrons. The maximum atomic E-state index is 9.06. The molecule has 0 aliphatic rings. The van der Waals surface area contributed by atoms with E-state index in [1.165, 1.54) is 0 Å². The molecule has 0 spiro atoms. The van der Waals surface area contributed by atoms with Gasteiger partial charge in [0.15, 0.2) is 0 Å². The predicted molar refractivity (Wildman–Crippen MR) is 78.5 cm³/mol. The zero-order valence-corrected chi connectivity index (χ0v) is 12.0. The molecule has 108 valence electrons. The van der Waals surface area contributed by atoms with E-state index in [2.05, 4.69) is 29.4 Å². The van der Waals surface area contributed by atoms with Crippen molar-refractivity contribution in [2.75, 3.05) is 6.61 Å². The summed E-state index contributed by atoms with van der Waals surface area (Å²) in [5.74, 6) is 0.478. The number of para-hydroxylation sites is 1. The van der Waals surface area contributed by atoms with Gasteiger partial charge in [-0.2, -0.15) is 15.0 Å². The normalized spacial score (nSPS) is 12.8. The van der Waals surface area contributed by atoms with Crippen molar-refractivity contribution < 1.29 is 5.11 Å². The highest BCUT2D eigenvalue weighted by molar-refractivity contribution is 5.28. The maximum absolute atomic E-state index is 9.06. The summed E-state index contributed by atoms with van der Waals surface area (Å²) in [5, 5.41) is 21.2. The Morgan fingerprint density at radius 2 is 2.00 bits per heavy atom. The van der Waals surface area contributed by atoms with E-state index in [0.29, 0.717) is 18.5 Å². The van der Waals surface area contributed by atoms with E-state index in [0.717, 1.165) is 17.8 Å². The van der Waals surface area contributed by atoms with Crippen molar-refractivity contribution in [3.05, 3.63) is 42.2 Å². The Morgan fingerprint density at radius 1 is 1.25 bits per heavy atom. The molecule has 5 heteroatoms. The summed E-state index contributed by atoms with van der Waals surface area (Å²) >= 11 is 0. The number of nitrogens with zero attached hydrogens (tertiary/aromatic N) is 3. The average molecular weight is 274 g/mol. The Kier molecular flexibility index (Phi) is 5.26. The van der Waals surface area contributed by atoms with Crippen LogP contribution in [0.4, 0.5) is 0 Å². The van der Waals surface area contributed by atoms with Gasteiger partial charge in [-0.15, -0.1) is 0 Å². The minimum absolute atomic E-state index is 0.201. The summed E-state index contributed by atoms with van der Waals surface area (Å²) < 4.78 is 0. The van der Waals surface area contributed by atoms with Crippen molar-refractivity contribution in [2.45, 2.75) is 32.9 Å². The summed E-state index contributed by atoms with van der Waals surface area (Å²) in [4.78, 5) is 1.63. The quantitative estimate of drug-likeness (QED) is 0.807. The lowest BCUT2D eigenvalue weighted by atomic mass is 10.0. The molecule has 0 fully saturated rings. The van der Waals surface area contributed by atoms with Crippen LogP contribution in [0.1, 0.15) is 26.0 Å². The molecule has 1 unspecified atom stereocenters. The van der Waals surface area contributed by atoms with Gasteiger partial charge in [0.2, 0.25) is 0 Å². The van der Waals surface area contributed by atoms with Crippen LogP contribution in [0.15, 0.2) is 36.5 Å². The predicted octanol–water partition coefficient (Wildman–Crippen LogP) is 1.76. The van der Waals surface area contributed by atoms with Gasteiger partial charge in [0, 0.05) is 19.2 Å². The van der Waals surface area contributed by atoms with Crippen LogP contribution in [0.3, 0.4) is 0 Å². The van der Waals surface area contributed by atoms with Gasteiger partial charge in [0.1, 0.15) is 0 Å². The monoisotopic (exact) mass is 274 g/mol. The van der Waals surface area contributed by atoms with Crippen LogP contribution in [-0.4, -0.2) is 32.7 Å². The lowest BCUT2D eigenvalue weighted by molar-refractivity contribution is 0.243. The number of hydrogen-bond donors (Lipinski definition) is 2. The first-order valence-electron chi connectivity index (χ1n) is 7.01. The van der Waals surface area contributed by atoms with Gasteiger partial charge < -0.3 is 10.4 Å². The zero-order chi connectivity index (χ0) is 14.4. The molecule has 5 nitrogen and oxygen atoms in total.